The summed E-state index contributed by atoms with van der Waals surface area (Å²) in [5.41, 5.74) is 0.992. The lowest BCUT2D eigenvalue weighted by molar-refractivity contribution is -0.112. The quantitative estimate of drug-likeness (QED) is 0.530. The highest BCUT2D eigenvalue weighted by Crippen LogP contribution is 2.13. The third kappa shape index (κ3) is 3.67. The molecule has 1 amide bonds. The van der Waals surface area contributed by atoms with Gasteiger partial charge in [0.05, 0.1) is 6.26 Å². The van der Waals surface area contributed by atoms with Crippen molar-refractivity contribution in [2.24, 2.45) is 0 Å². The lowest BCUT2D eigenvalue weighted by Crippen LogP contribution is -2.13. The molecule has 1 heterocycles. The van der Waals surface area contributed by atoms with E-state index in [0.29, 0.717) is 17.0 Å². The van der Waals surface area contributed by atoms with Gasteiger partial charge in [-0.15, -0.1) is 0 Å². The van der Waals surface area contributed by atoms with Crippen LogP contribution in [0.3, 0.4) is 0 Å². The summed E-state index contributed by atoms with van der Waals surface area (Å²) in [6.07, 6.45) is 2.82. The smallest absolute Gasteiger partial charge is 0.266 e. The number of furan rings is 1. The number of nitriles is 1. The topological polar surface area (TPSA) is 83.1 Å². The summed E-state index contributed by atoms with van der Waals surface area (Å²) >= 11 is 0. The van der Waals surface area contributed by atoms with Gasteiger partial charge in [-0.25, -0.2) is 0 Å². The van der Waals surface area contributed by atoms with Crippen molar-refractivity contribution in [1.82, 2.24) is 0 Å². The van der Waals surface area contributed by atoms with E-state index in [0.717, 1.165) is 0 Å². The molecule has 0 bridgehead atoms. The molecule has 0 radical (unpaired) electrons. The molecule has 0 saturated carbocycles. The van der Waals surface area contributed by atoms with E-state index in [-0.39, 0.29) is 11.4 Å². The fraction of sp³-hybridized carbons (Fsp3) is 0.0625. The van der Waals surface area contributed by atoms with Gasteiger partial charge in [-0.1, -0.05) is 0 Å². The van der Waals surface area contributed by atoms with Crippen molar-refractivity contribution in [2.45, 2.75) is 6.92 Å². The Bertz CT molecular complexity index is 720. The molecule has 2 rings (SSSR count). The maximum atomic E-state index is 12.0. The number of Topliss-reactive ketones (excluding diaryl/α,β-unsaturated/α-hetero) is 1. The second-order valence-corrected chi connectivity index (χ2v) is 4.27. The molecule has 5 heteroatoms. The van der Waals surface area contributed by atoms with E-state index in [1.807, 2.05) is 6.07 Å². The molecule has 0 aliphatic carbocycles. The van der Waals surface area contributed by atoms with E-state index in [9.17, 15) is 9.59 Å². The predicted molar refractivity (Wildman–Crippen MR) is 77.4 cm³/mol. The molecule has 5 nitrogen and oxygen atoms in total. The van der Waals surface area contributed by atoms with Gasteiger partial charge in [0.15, 0.2) is 5.78 Å². The van der Waals surface area contributed by atoms with Crippen LogP contribution < -0.4 is 5.32 Å². The van der Waals surface area contributed by atoms with E-state index >= 15 is 0 Å². The summed E-state index contributed by atoms with van der Waals surface area (Å²) in [5, 5.41) is 11.6. The molecule has 2 aromatic rings. The third-order valence-electron chi connectivity index (χ3n) is 2.74. The molecule has 0 atom stereocenters. The van der Waals surface area contributed by atoms with E-state index in [2.05, 4.69) is 5.32 Å². The minimum atomic E-state index is -0.538. The van der Waals surface area contributed by atoms with Gasteiger partial charge in [0.25, 0.3) is 5.91 Å². The highest BCUT2D eigenvalue weighted by atomic mass is 16.3. The van der Waals surface area contributed by atoms with Crippen LogP contribution in [0.25, 0.3) is 6.08 Å². The Morgan fingerprint density at radius 1 is 1.24 bits per heavy atom. The number of hydrogen-bond acceptors (Lipinski definition) is 4. The summed E-state index contributed by atoms with van der Waals surface area (Å²) < 4.78 is 5.06. The first-order chi connectivity index (χ1) is 10.1. The minimum Gasteiger partial charge on any atom is -0.465 e. The van der Waals surface area contributed by atoms with Gasteiger partial charge in [-0.05, 0) is 43.3 Å². The number of hydrogen-bond donors (Lipinski definition) is 1. The molecular formula is C16H12N2O3. The molecule has 1 aromatic heterocycles. The number of rotatable bonds is 4. The summed E-state index contributed by atoms with van der Waals surface area (Å²) in [5.74, 6) is -0.165. The van der Waals surface area contributed by atoms with E-state index < -0.39 is 5.91 Å². The molecule has 0 spiro atoms. The monoisotopic (exact) mass is 280 g/mol. The summed E-state index contributed by atoms with van der Waals surface area (Å²) in [6.45, 7) is 1.47. The first-order valence-corrected chi connectivity index (χ1v) is 6.18. The molecular weight excluding hydrogens is 268 g/mol. The molecule has 1 N–H and O–H groups in total. The SMILES string of the molecule is CC(=O)c1ccc(NC(=O)C(C#N)=Cc2ccco2)cc1. The Labute approximate surface area is 121 Å². The van der Waals surface area contributed by atoms with Gasteiger partial charge < -0.3 is 9.73 Å². The molecule has 0 fully saturated rings. The fourth-order valence-corrected chi connectivity index (χ4v) is 1.65. The molecule has 0 aliphatic heterocycles. The first-order valence-electron chi connectivity index (χ1n) is 6.18. The second kappa shape index (κ2) is 6.35. The number of carbonyl (C=O) groups excluding carboxylic acids is 2. The predicted octanol–water partition coefficient (Wildman–Crippen LogP) is 3.03. The van der Waals surface area contributed by atoms with Crippen molar-refractivity contribution in [3.8, 4) is 6.07 Å². The summed E-state index contributed by atoms with van der Waals surface area (Å²) in [7, 11) is 0. The maximum absolute atomic E-state index is 12.0. The number of benzene rings is 1. The Morgan fingerprint density at radius 3 is 2.48 bits per heavy atom. The lowest BCUT2D eigenvalue weighted by atomic mass is 10.1. The van der Waals surface area contributed by atoms with Gasteiger partial charge in [-0.3, -0.25) is 9.59 Å². The normalized spacial score (nSPS) is 10.8. The zero-order chi connectivity index (χ0) is 15.2. The Kier molecular flexibility index (Phi) is 4.32. The maximum Gasteiger partial charge on any atom is 0.266 e. The molecule has 21 heavy (non-hydrogen) atoms. The van der Waals surface area contributed by atoms with Crippen LogP contribution in [0.1, 0.15) is 23.0 Å². The van der Waals surface area contributed by atoms with Crippen LogP contribution in [-0.2, 0) is 4.79 Å². The summed E-state index contributed by atoms with van der Waals surface area (Å²) in [6, 6.07) is 11.6. The Hall–Kier alpha value is -3.13. The standard InChI is InChI=1S/C16H12N2O3/c1-11(19)12-4-6-14(7-5-12)18-16(20)13(10-17)9-15-3-2-8-21-15/h2-9H,1H3,(H,18,20). The van der Waals surface area contributed by atoms with Gasteiger partial charge in [0.1, 0.15) is 17.4 Å². The molecule has 0 aliphatic rings. The van der Waals surface area contributed by atoms with Crippen molar-refractivity contribution in [3.63, 3.8) is 0 Å². The average Bonchev–Trinajstić information content (AvgIpc) is 2.98. The van der Waals surface area contributed by atoms with E-state index in [4.69, 9.17) is 9.68 Å². The third-order valence-corrected chi connectivity index (χ3v) is 2.74. The first kappa shape index (κ1) is 14.3. The van der Waals surface area contributed by atoms with Crippen LogP contribution in [-0.4, -0.2) is 11.7 Å². The number of nitrogens with one attached hydrogen (secondary N) is 1. The number of anilines is 1. The highest BCUT2D eigenvalue weighted by molar-refractivity contribution is 6.09. The zero-order valence-electron chi connectivity index (χ0n) is 11.3. The summed E-state index contributed by atoms with van der Waals surface area (Å²) in [4.78, 5) is 23.1. The van der Waals surface area contributed by atoms with Crippen LogP contribution in [0.15, 0.2) is 52.7 Å². The van der Waals surface area contributed by atoms with Gasteiger partial charge in [0, 0.05) is 17.3 Å². The zero-order valence-corrected chi connectivity index (χ0v) is 11.3. The van der Waals surface area contributed by atoms with Crippen LogP contribution >= 0.6 is 0 Å². The molecule has 1 aromatic carbocycles. The molecule has 0 saturated heterocycles. The van der Waals surface area contributed by atoms with Crippen LogP contribution in [0.5, 0.6) is 0 Å². The van der Waals surface area contributed by atoms with Gasteiger partial charge in [0.2, 0.25) is 0 Å². The van der Waals surface area contributed by atoms with Crippen molar-refractivity contribution >= 4 is 23.5 Å². The minimum absolute atomic E-state index is 0.0525. The number of ketones is 1. The largest absolute Gasteiger partial charge is 0.465 e. The van der Waals surface area contributed by atoms with Crippen molar-refractivity contribution in [1.29, 1.82) is 5.26 Å². The van der Waals surface area contributed by atoms with Crippen molar-refractivity contribution in [3.05, 3.63) is 59.6 Å². The Balaban J connectivity index is 2.13. The van der Waals surface area contributed by atoms with E-state index in [1.54, 1.807) is 36.4 Å². The van der Waals surface area contributed by atoms with E-state index in [1.165, 1.54) is 19.3 Å². The number of amides is 1. The van der Waals surface area contributed by atoms with Crippen molar-refractivity contribution in [2.75, 3.05) is 5.32 Å². The van der Waals surface area contributed by atoms with Gasteiger partial charge >= 0.3 is 0 Å². The number of nitrogens with zero attached hydrogens (tertiary/aromatic N) is 1. The van der Waals surface area contributed by atoms with Gasteiger partial charge in [-0.2, -0.15) is 5.26 Å². The van der Waals surface area contributed by atoms with Crippen molar-refractivity contribution < 1.29 is 14.0 Å². The van der Waals surface area contributed by atoms with Crippen LogP contribution in [0, 0.1) is 11.3 Å². The van der Waals surface area contributed by atoms with Crippen LogP contribution in [0.4, 0.5) is 5.69 Å². The lowest BCUT2D eigenvalue weighted by Gasteiger charge is -2.04. The molecule has 104 valence electrons. The van der Waals surface area contributed by atoms with Crippen LogP contribution in [0.2, 0.25) is 0 Å². The highest BCUT2D eigenvalue weighted by Gasteiger charge is 2.10. The fourth-order valence-electron chi connectivity index (χ4n) is 1.65. The molecule has 0 unspecified atom stereocenters. The second-order valence-electron chi connectivity index (χ2n) is 4.27. The average molecular weight is 280 g/mol. The number of carbonyl (C=O) groups is 2. The Morgan fingerprint density at radius 2 is 1.95 bits per heavy atom.